The van der Waals surface area contributed by atoms with E-state index in [9.17, 15) is 18.8 Å². The van der Waals surface area contributed by atoms with E-state index in [1.807, 2.05) is 0 Å². The molecule has 2 aromatic rings. The summed E-state index contributed by atoms with van der Waals surface area (Å²) in [5.74, 6) is -2.05. The molecule has 0 aliphatic carbocycles. The van der Waals surface area contributed by atoms with Gasteiger partial charge in [0.2, 0.25) is 5.91 Å². The second-order valence-corrected chi connectivity index (χ2v) is 7.05. The fourth-order valence-corrected chi connectivity index (χ4v) is 3.45. The monoisotopic (exact) mass is 415 g/mol. The predicted octanol–water partition coefficient (Wildman–Crippen LogP) is 2.72. The van der Waals surface area contributed by atoms with Crippen LogP contribution in [0.3, 0.4) is 0 Å². The van der Waals surface area contributed by atoms with Gasteiger partial charge in [0, 0.05) is 10.7 Å². The van der Waals surface area contributed by atoms with Crippen molar-refractivity contribution in [3.8, 4) is 0 Å². The number of fused-ring (bicyclic) bond motifs is 1. The number of carbonyl (C=O) groups is 3. The number of benzene rings is 2. The third kappa shape index (κ3) is 3.33. The van der Waals surface area contributed by atoms with Crippen molar-refractivity contribution in [1.82, 2.24) is 5.01 Å². The molecular formula is C19H15ClFN5O3. The van der Waals surface area contributed by atoms with Crippen LogP contribution in [-0.4, -0.2) is 41.4 Å². The highest BCUT2D eigenvalue weighted by Gasteiger charge is 2.55. The summed E-state index contributed by atoms with van der Waals surface area (Å²) in [6.07, 6.45) is 0. The number of carbonyl (C=O) groups excluding carboxylic acids is 3. The molecule has 2 aliphatic heterocycles. The topological polar surface area (TPSA) is 94.4 Å². The van der Waals surface area contributed by atoms with Crippen LogP contribution >= 0.6 is 11.6 Å². The number of rotatable bonds is 4. The lowest BCUT2D eigenvalue weighted by atomic mass is 10.1. The molecule has 3 amide bonds. The summed E-state index contributed by atoms with van der Waals surface area (Å²) < 4.78 is 13.2. The Hall–Kier alpha value is -3.33. The van der Waals surface area contributed by atoms with E-state index < -0.39 is 35.6 Å². The van der Waals surface area contributed by atoms with Crippen LogP contribution in [0.4, 0.5) is 15.8 Å². The lowest BCUT2D eigenvalue weighted by molar-refractivity contribution is -0.123. The molecule has 29 heavy (non-hydrogen) atoms. The minimum absolute atomic E-state index is 0.241. The van der Waals surface area contributed by atoms with Crippen LogP contribution in [0.2, 0.25) is 5.02 Å². The van der Waals surface area contributed by atoms with Crippen LogP contribution in [0.5, 0.6) is 0 Å². The average molecular weight is 416 g/mol. The van der Waals surface area contributed by atoms with Crippen molar-refractivity contribution in [2.24, 2.45) is 10.3 Å². The summed E-state index contributed by atoms with van der Waals surface area (Å²) in [5.41, 5.74) is 1.49. The van der Waals surface area contributed by atoms with E-state index in [-0.39, 0.29) is 12.2 Å². The van der Waals surface area contributed by atoms with E-state index in [2.05, 4.69) is 15.7 Å². The normalized spacial score (nSPS) is 20.4. The van der Waals surface area contributed by atoms with Crippen LogP contribution in [0.1, 0.15) is 5.56 Å². The molecule has 1 fully saturated rings. The van der Waals surface area contributed by atoms with Gasteiger partial charge in [-0.2, -0.15) is 5.11 Å². The zero-order valence-corrected chi connectivity index (χ0v) is 15.9. The largest absolute Gasteiger partial charge is 0.324 e. The summed E-state index contributed by atoms with van der Waals surface area (Å²) in [4.78, 5) is 38.8. The van der Waals surface area contributed by atoms with Gasteiger partial charge in [0.05, 0.1) is 5.69 Å². The maximum absolute atomic E-state index is 13.2. The Labute approximate surface area is 169 Å². The van der Waals surface area contributed by atoms with Crippen LogP contribution in [0.15, 0.2) is 52.8 Å². The van der Waals surface area contributed by atoms with Gasteiger partial charge in [0.1, 0.15) is 12.4 Å². The van der Waals surface area contributed by atoms with Crippen LogP contribution in [0.25, 0.3) is 0 Å². The molecule has 148 valence electrons. The summed E-state index contributed by atoms with van der Waals surface area (Å²) in [5, 5.41) is 12.1. The Bertz CT molecular complexity index is 1040. The van der Waals surface area contributed by atoms with E-state index in [4.69, 9.17) is 11.6 Å². The number of hydrogen-bond donors (Lipinski definition) is 1. The van der Waals surface area contributed by atoms with E-state index in [1.165, 1.54) is 17.1 Å². The first-order chi connectivity index (χ1) is 13.9. The van der Waals surface area contributed by atoms with E-state index in [0.717, 1.165) is 17.0 Å². The fourth-order valence-electron chi connectivity index (χ4n) is 3.28. The highest BCUT2D eigenvalue weighted by Crippen LogP contribution is 2.32. The van der Waals surface area contributed by atoms with Crippen molar-refractivity contribution >= 4 is 40.7 Å². The Morgan fingerprint density at radius 1 is 1.17 bits per heavy atom. The Balaban J connectivity index is 1.49. The summed E-state index contributed by atoms with van der Waals surface area (Å²) in [6.45, 7) is 1.50. The number of nitrogens with zero attached hydrogens (tertiary/aromatic N) is 4. The van der Waals surface area contributed by atoms with Crippen molar-refractivity contribution in [1.29, 1.82) is 0 Å². The first-order valence-electron chi connectivity index (χ1n) is 8.72. The molecule has 0 unspecified atom stereocenters. The molecule has 0 aromatic heterocycles. The third-order valence-corrected chi connectivity index (χ3v) is 5.20. The Morgan fingerprint density at radius 2 is 1.90 bits per heavy atom. The quantitative estimate of drug-likeness (QED) is 0.777. The van der Waals surface area contributed by atoms with Crippen molar-refractivity contribution in [2.75, 3.05) is 16.8 Å². The molecular weight excluding hydrogens is 401 g/mol. The lowest BCUT2D eigenvalue weighted by Gasteiger charge is -2.20. The third-order valence-electron chi connectivity index (χ3n) is 4.79. The first kappa shape index (κ1) is 19.0. The average Bonchev–Trinajstić information content (AvgIpc) is 3.20. The maximum atomic E-state index is 13.2. The molecule has 2 aromatic carbocycles. The number of hydrogen-bond acceptors (Lipinski definition) is 6. The van der Waals surface area contributed by atoms with Gasteiger partial charge in [-0.3, -0.25) is 19.4 Å². The molecule has 2 atom stereocenters. The minimum Gasteiger partial charge on any atom is -0.324 e. The van der Waals surface area contributed by atoms with Crippen LogP contribution in [-0.2, 0) is 14.4 Å². The van der Waals surface area contributed by atoms with Crippen molar-refractivity contribution in [2.45, 2.75) is 19.0 Å². The second-order valence-electron chi connectivity index (χ2n) is 6.64. The zero-order chi connectivity index (χ0) is 20.7. The summed E-state index contributed by atoms with van der Waals surface area (Å²) in [6, 6.07) is 8.05. The molecule has 4 rings (SSSR count). The number of anilines is 2. The van der Waals surface area contributed by atoms with Gasteiger partial charge in [-0.1, -0.05) is 22.9 Å². The highest BCUT2D eigenvalue weighted by molar-refractivity contribution is 6.31. The van der Waals surface area contributed by atoms with Crippen LogP contribution < -0.4 is 10.2 Å². The first-order valence-corrected chi connectivity index (χ1v) is 9.10. The Kier molecular flexibility index (Phi) is 4.75. The van der Waals surface area contributed by atoms with Gasteiger partial charge < -0.3 is 5.32 Å². The van der Waals surface area contributed by atoms with Gasteiger partial charge in [0.25, 0.3) is 11.8 Å². The lowest BCUT2D eigenvalue weighted by Crippen LogP contribution is -2.43. The van der Waals surface area contributed by atoms with Gasteiger partial charge in [-0.25, -0.2) is 9.29 Å². The molecule has 1 saturated heterocycles. The summed E-state index contributed by atoms with van der Waals surface area (Å²) in [7, 11) is 0. The number of nitrogens with one attached hydrogen (secondary N) is 1. The number of imide groups is 1. The highest BCUT2D eigenvalue weighted by atomic mass is 35.5. The van der Waals surface area contributed by atoms with Crippen LogP contribution in [0, 0.1) is 12.7 Å². The SMILES string of the molecule is Cc1c(Cl)cccc1NC(=O)CN1N=N[C@H]2C(=O)N(c3ccc(F)cc3)C(=O)[C@H]21. The molecule has 1 N–H and O–H groups in total. The molecule has 0 saturated carbocycles. The van der Waals surface area contributed by atoms with Gasteiger partial charge in [-0.15, -0.1) is 0 Å². The number of amides is 3. The molecule has 10 heteroatoms. The van der Waals surface area contributed by atoms with Crippen molar-refractivity contribution < 1.29 is 18.8 Å². The molecule has 2 aliphatic rings. The van der Waals surface area contributed by atoms with Gasteiger partial charge >= 0.3 is 0 Å². The second kappa shape index (κ2) is 7.25. The molecule has 0 spiro atoms. The van der Waals surface area contributed by atoms with E-state index >= 15 is 0 Å². The smallest absolute Gasteiger partial charge is 0.263 e. The Morgan fingerprint density at radius 3 is 2.62 bits per heavy atom. The molecule has 0 radical (unpaired) electrons. The van der Waals surface area contributed by atoms with E-state index in [1.54, 1.807) is 25.1 Å². The predicted molar refractivity (Wildman–Crippen MR) is 103 cm³/mol. The molecule has 2 heterocycles. The van der Waals surface area contributed by atoms with Gasteiger partial charge in [-0.05, 0) is 48.9 Å². The van der Waals surface area contributed by atoms with Gasteiger partial charge in [0.15, 0.2) is 12.1 Å². The zero-order valence-electron chi connectivity index (χ0n) is 15.2. The maximum Gasteiger partial charge on any atom is 0.263 e. The summed E-state index contributed by atoms with van der Waals surface area (Å²) >= 11 is 6.05. The fraction of sp³-hybridized carbons (Fsp3) is 0.211. The van der Waals surface area contributed by atoms with E-state index in [0.29, 0.717) is 16.3 Å². The van der Waals surface area contributed by atoms with Crippen molar-refractivity contribution in [3.63, 3.8) is 0 Å². The number of halogens is 2. The minimum atomic E-state index is -1.03. The molecule has 8 nitrogen and oxygen atoms in total. The standard InChI is InChI=1S/C19H15ClFN5O3/c1-10-13(20)3-2-4-14(10)22-15(27)9-25-17-16(23-24-25)18(28)26(19(17)29)12-7-5-11(21)6-8-12/h2-8,16-17H,9H2,1H3,(H,22,27)/t16-,17+/m1/s1. The van der Waals surface area contributed by atoms with Crippen molar-refractivity contribution in [3.05, 3.63) is 58.9 Å². The molecule has 0 bridgehead atoms.